The first-order chi connectivity index (χ1) is 23.9. The molecule has 0 aliphatic carbocycles. The summed E-state index contributed by atoms with van der Waals surface area (Å²) in [6.07, 6.45) is 0. The molecule has 0 radical (unpaired) electrons. The predicted octanol–water partition coefficient (Wildman–Crippen LogP) is 7.47. The van der Waals surface area contributed by atoms with Crippen molar-refractivity contribution < 1.29 is 0 Å². The van der Waals surface area contributed by atoms with Crippen LogP contribution in [0.1, 0.15) is 0 Å². The Morgan fingerprint density at radius 2 is 1.02 bits per heavy atom. The second-order valence-electron chi connectivity index (χ2n) is 13.5. The van der Waals surface area contributed by atoms with Crippen LogP contribution in [0.5, 0.6) is 0 Å². The molecule has 0 N–H and O–H groups in total. The van der Waals surface area contributed by atoms with Crippen molar-refractivity contribution in [1.82, 2.24) is 0 Å². The highest BCUT2D eigenvalue weighted by Crippen LogP contribution is 2.47. The second-order valence-corrected chi connectivity index (χ2v) is 14.5. The molecule has 0 saturated carbocycles. The average Bonchev–Trinajstić information content (AvgIpc) is 3.70. The van der Waals surface area contributed by atoms with Gasteiger partial charge in [0.2, 0.25) is 13.4 Å². The Morgan fingerprint density at radius 1 is 0.417 bits per heavy atom. The van der Waals surface area contributed by atoms with Crippen molar-refractivity contribution in [1.29, 1.82) is 0 Å². The molecular weight excluding hydrogens is 596 g/mol. The fraction of sp³-hybridized carbons (Fsp3) is 0. The molecule has 3 aliphatic rings. The van der Waals surface area contributed by atoms with Crippen molar-refractivity contribution in [3.63, 3.8) is 0 Å². The minimum absolute atomic E-state index is 0.151. The van der Waals surface area contributed by atoms with Crippen LogP contribution >= 0.6 is 11.3 Å². The van der Waals surface area contributed by atoms with Crippen LogP contribution in [-0.2, 0) is 0 Å². The lowest BCUT2D eigenvalue weighted by Gasteiger charge is -2.41. The van der Waals surface area contributed by atoms with Crippen LogP contribution < -0.4 is 37.7 Å². The third-order valence-electron chi connectivity index (χ3n) is 11.3. The standard InChI is InChI=1S/C44H25B2NS/c1-2-12-26(13-3-1)45-35-20-11-21-36-43(35)47(44-42(45)34-18-8-9-23-38(34)48-44)37-22-10-19-32-33-25-24-31-29-16-5-4-14-27(29)28-15-6-7-17-30(28)39(31)41(33)46(36)40(32)37/h1-25H. The van der Waals surface area contributed by atoms with Gasteiger partial charge in [-0.2, -0.15) is 0 Å². The highest BCUT2D eigenvalue weighted by Gasteiger charge is 2.48. The van der Waals surface area contributed by atoms with Crippen LogP contribution in [0, 0.1) is 0 Å². The third kappa shape index (κ3) is 3.01. The van der Waals surface area contributed by atoms with E-state index in [9.17, 15) is 0 Å². The third-order valence-corrected chi connectivity index (χ3v) is 12.5. The Labute approximate surface area is 282 Å². The van der Waals surface area contributed by atoms with Gasteiger partial charge >= 0.3 is 0 Å². The molecule has 4 heteroatoms. The van der Waals surface area contributed by atoms with Crippen LogP contribution in [0.15, 0.2) is 152 Å². The van der Waals surface area contributed by atoms with Crippen molar-refractivity contribution in [2.75, 3.05) is 4.90 Å². The van der Waals surface area contributed by atoms with Crippen molar-refractivity contribution >= 4 is 116 Å². The maximum Gasteiger partial charge on any atom is 0.249 e. The van der Waals surface area contributed by atoms with E-state index in [2.05, 4.69) is 157 Å². The van der Waals surface area contributed by atoms with Crippen molar-refractivity contribution in [2.24, 2.45) is 0 Å². The molecule has 1 nitrogen and oxygen atoms in total. The van der Waals surface area contributed by atoms with E-state index in [1.165, 1.54) is 103 Å². The predicted molar refractivity (Wildman–Crippen MR) is 210 cm³/mol. The Bertz CT molecular complexity index is 2840. The molecule has 8 aromatic carbocycles. The van der Waals surface area contributed by atoms with Crippen molar-refractivity contribution in [3.05, 3.63) is 152 Å². The minimum Gasteiger partial charge on any atom is -0.304 e. The first-order valence-corrected chi connectivity index (χ1v) is 17.7. The fourth-order valence-corrected chi connectivity index (χ4v) is 10.8. The highest BCUT2D eigenvalue weighted by atomic mass is 32.1. The van der Waals surface area contributed by atoms with Crippen LogP contribution in [-0.4, -0.2) is 13.4 Å². The lowest BCUT2D eigenvalue weighted by Crippen LogP contribution is -2.63. The van der Waals surface area contributed by atoms with E-state index >= 15 is 0 Å². The average molecular weight is 621 g/mol. The minimum atomic E-state index is 0.151. The smallest absolute Gasteiger partial charge is 0.249 e. The van der Waals surface area contributed by atoms with Gasteiger partial charge < -0.3 is 4.90 Å². The van der Waals surface area contributed by atoms with E-state index < -0.39 is 0 Å². The zero-order valence-corrected chi connectivity index (χ0v) is 26.8. The van der Waals surface area contributed by atoms with E-state index in [0.717, 1.165) is 0 Å². The van der Waals surface area contributed by atoms with E-state index in [1.807, 2.05) is 11.3 Å². The summed E-state index contributed by atoms with van der Waals surface area (Å²) in [5, 5.41) is 10.8. The van der Waals surface area contributed by atoms with Gasteiger partial charge in [-0.15, -0.1) is 11.3 Å². The molecule has 0 saturated heterocycles. The van der Waals surface area contributed by atoms with Crippen molar-refractivity contribution in [2.45, 2.75) is 0 Å². The molecule has 9 aromatic rings. The summed E-state index contributed by atoms with van der Waals surface area (Å²) in [5.74, 6) is 0. The van der Waals surface area contributed by atoms with Crippen LogP contribution in [0.25, 0.3) is 53.5 Å². The molecule has 0 amide bonds. The molecule has 4 heterocycles. The molecule has 12 rings (SSSR count). The number of hydrogen-bond acceptors (Lipinski definition) is 2. The van der Waals surface area contributed by atoms with E-state index in [1.54, 1.807) is 0 Å². The largest absolute Gasteiger partial charge is 0.304 e. The van der Waals surface area contributed by atoms with Gasteiger partial charge in [0.05, 0.1) is 5.00 Å². The second kappa shape index (κ2) is 9.07. The number of fused-ring (bicyclic) bond motifs is 16. The molecular formula is C44H25B2NS. The number of rotatable bonds is 1. The summed E-state index contributed by atoms with van der Waals surface area (Å²) in [4.78, 5) is 2.64. The van der Waals surface area contributed by atoms with E-state index in [4.69, 9.17) is 0 Å². The number of nitrogens with zero attached hydrogens (tertiary/aromatic N) is 1. The van der Waals surface area contributed by atoms with Gasteiger partial charge in [-0.05, 0) is 82.8 Å². The monoisotopic (exact) mass is 621 g/mol. The summed E-state index contributed by atoms with van der Waals surface area (Å²) in [6, 6.07) is 57.2. The molecule has 0 fully saturated rings. The Balaban J connectivity index is 1.25. The van der Waals surface area contributed by atoms with Crippen LogP contribution in [0.4, 0.5) is 16.4 Å². The van der Waals surface area contributed by atoms with Crippen LogP contribution in [0.3, 0.4) is 0 Å². The van der Waals surface area contributed by atoms with Gasteiger partial charge in [-0.25, -0.2) is 0 Å². The maximum atomic E-state index is 2.64. The van der Waals surface area contributed by atoms with E-state index in [-0.39, 0.29) is 13.4 Å². The molecule has 1 aromatic heterocycles. The van der Waals surface area contributed by atoms with Gasteiger partial charge in [0.15, 0.2) is 0 Å². The first kappa shape index (κ1) is 25.5. The lowest BCUT2D eigenvalue weighted by atomic mass is 9.31. The maximum absolute atomic E-state index is 2.64. The summed E-state index contributed by atoms with van der Waals surface area (Å²) >= 11 is 1.94. The first-order valence-electron chi connectivity index (χ1n) is 16.9. The molecule has 3 aliphatic heterocycles. The summed E-state index contributed by atoms with van der Waals surface area (Å²) in [5.41, 5.74) is 13.9. The number of para-hydroxylation sites is 1. The fourth-order valence-electron chi connectivity index (χ4n) is 9.58. The molecule has 218 valence electrons. The Morgan fingerprint density at radius 3 is 1.81 bits per heavy atom. The number of hydrogen-bond donors (Lipinski definition) is 0. The van der Waals surface area contributed by atoms with Gasteiger partial charge in [0.25, 0.3) is 0 Å². The number of anilines is 3. The van der Waals surface area contributed by atoms with Gasteiger partial charge in [-0.1, -0.05) is 150 Å². The Kier molecular flexibility index (Phi) is 4.82. The van der Waals surface area contributed by atoms with Crippen molar-refractivity contribution in [3.8, 4) is 11.1 Å². The highest BCUT2D eigenvalue weighted by molar-refractivity contribution is 7.26. The number of thiophene rings is 1. The topological polar surface area (TPSA) is 3.24 Å². The van der Waals surface area contributed by atoms with E-state index in [0.29, 0.717) is 0 Å². The van der Waals surface area contributed by atoms with Gasteiger partial charge in [0, 0.05) is 16.1 Å². The normalized spacial score (nSPS) is 13.7. The lowest BCUT2D eigenvalue weighted by molar-refractivity contribution is 1.34. The molecule has 0 spiro atoms. The zero-order valence-electron chi connectivity index (χ0n) is 25.9. The van der Waals surface area contributed by atoms with Crippen LogP contribution in [0.2, 0.25) is 0 Å². The molecule has 0 unspecified atom stereocenters. The SMILES string of the molecule is c1ccc(B2c3cccc4c3N(c3cccc5c3B4c3c-5ccc4c5ccccc5c5ccccc5c34)c3sc4ccccc4c32)cc1. The molecule has 0 atom stereocenters. The summed E-state index contributed by atoms with van der Waals surface area (Å²) < 4.78 is 1.35. The van der Waals surface area contributed by atoms with Gasteiger partial charge in [-0.3, -0.25) is 0 Å². The quantitative estimate of drug-likeness (QED) is 0.136. The number of benzene rings is 8. The summed E-state index contributed by atoms with van der Waals surface area (Å²) in [6.45, 7) is 0.310. The molecule has 0 bridgehead atoms. The summed E-state index contributed by atoms with van der Waals surface area (Å²) in [7, 11) is 0. The Hall–Kier alpha value is -5.57. The van der Waals surface area contributed by atoms with Gasteiger partial charge in [0.1, 0.15) is 0 Å². The zero-order chi connectivity index (χ0) is 31.1. The molecule has 48 heavy (non-hydrogen) atoms.